The van der Waals surface area contributed by atoms with Crippen molar-refractivity contribution in [1.82, 2.24) is 25.1 Å². The molecule has 8 nitrogen and oxygen atoms in total. The first-order valence-electron chi connectivity index (χ1n) is 9.68. The molecule has 0 radical (unpaired) electrons. The van der Waals surface area contributed by atoms with Gasteiger partial charge in [0.05, 0.1) is 11.9 Å². The molecule has 0 saturated heterocycles. The van der Waals surface area contributed by atoms with E-state index in [-0.39, 0.29) is 18.0 Å². The predicted octanol–water partition coefficient (Wildman–Crippen LogP) is 3.20. The van der Waals surface area contributed by atoms with Crippen LogP contribution in [-0.4, -0.2) is 25.7 Å². The van der Waals surface area contributed by atoms with E-state index in [1.807, 2.05) is 26.2 Å². The van der Waals surface area contributed by atoms with E-state index in [1.165, 1.54) is 0 Å². The third-order valence-corrected chi connectivity index (χ3v) is 4.83. The smallest absolute Gasteiger partial charge is 0.252 e. The van der Waals surface area contributed by atoms with Gasteiger partial charge in [0.1, 0.15) is 11.5 Å². The van der Waals surface area contributed by atoms with Crippen LogP contribution in [0.15, 0.2) is 72.0 Å². The lowest BCUT2D eigenvalue weighted by molar-refractivity contribution is 0.0950. The maximum atomic E-state index is 12.7. The van der Waals surface area contributed by atoms with E-state index in [4.69, 9.17) is 4.74 Å². The van der Waals surface area contributed by atoms with Gasteiger partial charge >= 0.3 is 0 Å². The van der Waals surface area contributed by atoms with Gasteiger partial charge in [-0.15, -0.1) is 0 Å². The van der Waals surface area contributed by atoms with Crippen molar-refractivity contribution in [1.29, 1.82) is 0 Å². The molecule has 8 heteroatoms. The van der Waals surface area contributed by atoms with Crippen LogP contribution >= 0.6 is 0 Å². The summed E-state index contributed by atoms with van der Waals surface area (Å²) in [6, 6.07) is 12.3. The minimum atomic E-state index is -0.281. The van der Waals surface area contributed by atoms with Crippen molar-refractivity contribution < 1.29 is 9.53 Å². The van der Waals surface area contributed by atoms with Crippen molar-refractivity contribution >= 4 is 5.91 Å². The Hall–Kier alpha value is -4.20. The average Bonchev–Trinajstić information content (AvgIpc) is 3.21. The van der Waals surface area contributed by atoms with E-state index >= 15 is 0 Å². The first-order chi connectivity index (χ1) is 15.0. The number of ether oxygens (including phenoxy) is 1. The molecule has 3 heterocycles. The standard InChI is InChI=1S/C23H21N5O3/c1-15-19(23(30)26-12-16-5-4-9-25-22(16)29)6-3-7-21(15)31-18-8-10-24-20(11-18)17-13-27-28(2)14-17/h3-11,13-14H,12H2,1-2H3,(H,25,29)(H,26,30). The largest absolute Gasteiger partial charge is 0.457 e. The summed E-state index contributed by atoms with van der Waals surface area (Å²) < 4.78 is 7.76. The highest BCUT2D eigenvalue weighted by Gasteiger charge is 2.14. The molecule has 3 aromatic heterocycles. The summed E-state index contributed by atoms with van der Waals surface area (Å²) in [4.78, 5) is 31.4. The number of aromatic nitrogens is 4. The quantitative estimate of drug-likeness (QED) is 0.504. The molecular weight excluding hydrogens is 394 g/mol. The van der Waals surface area contributed by atoms with Crippen molar-refractivity contribution in [3.63, 3.8) is 0 Å². The van der Waals surface area contributed by atoms with Crippen molar-refractivity contribution in [2.24, 2.45) is 7.05 Å². The number of nitrogens with zero attached hydrogens (tertiary/aromatic N) is 3. The minimum absolute atomic E-state index is 0.137. The zero-order valence-corrected chi connectivity index (χ0v) is 17.1. The van der Waals surface area contributed by atoms with E-state index in [0.29, 0.717) is 28.2 Å². The Bertz CT molecular complexity index is 1290. The number of aromatic amines is 1. The molecule has 1 aromatic carbocycles. The van der Waals surface area contributed by atoms with Crippen LogP contribution < -0.4 is 15.6 Å². The highest BCUT2D eigenvalue weighted by molar-refractivity contribution is 5.96. The highest BCUT2D eigenvalue weighted by atomic mass is 16.5. The third-order valence-electron chi connectivity index (χ3n) is 4.83. The lowest BCUT2D eigenvalue weighted by Crippen LogP contribution is -2.27. The first kappa shape index (κ1) is 20.1. The first-order valence-corrected chi connectivity index (χ1v) is 9.68. The summed E-state index contributed by atoms with van der Waals surface area (Å²) >= 11 is 0. The van der Waals surface area contributed by atoms with Gasteiger partial charge in [-0.2, -0.15) is 5.10 Å². The van der Waals surface area contributed by atoms with Gasteiger partial charge in [0.2, 0.25) is 0 Å². The molecule has 4 aromatic rings. The van der Waals surface area contributed by atoms with Crippen molar-refractivity contribution in [2.75, 3.05) is 0 Å². The van der Waals surface area contributed by atoms with Crippen molar-refractivity contribution in [2.45, 2.75) is 13.5 Å². The van der Waals surface area contributed by atoms with Crippen LogP contribution in [0.1, 0.15) is 21.5 Å². The average molecular weight is 415 g/mol. The molecule has 0 saturated carbocycles. The predicted molar refractivity (Wildman–Crippen MR) is 116 cm³/mol. The number of carbonyl (C=O) groups excluding carboxylic acids is 1. The van der Waals surface area contributed by atoms with Gasteiger partial charge in [0, 0.05) is 60.5 Å². The Morgan fingerprint density at radius 3 is 2.87 bits per heavy atom. The summed E-state index contributed by atoms with van der Waals surface area (Å²) in [6.45, 7) is 1.96. The van der Waals surface area contributed by atoms with Gasteiger partial charge in [-0.1, -0.05) is 12.1 Å². The van der Waals surface area contributed by atoms with Gasteiger partial charge in [-0.3, -0.25) is 19.3 Å². The molecule has 0 fully saturated rings. The fraction of sp³-hybridized carbons (Fsp3) is 0.130. The Balaban J connectivity index is 1.52. The molecule has 31 heavy (non-hydrogen) atoms. The Morgan fingerprint density at radius 2 is 2.10 bits per heavy atom. The van der Waals surface area contributed by atoms with Crippen molar-refractivity contribution in [3.8, 4) is 22.8 Å². The molecule has 0 aliphatic carbocycles. The second kappa shape index (κ2) is 8.66. The normalized spacial score (nSPS) is 10.6. The second-order valence-corrected chi connectivity index (χ2v) is 7.02. The van der Waals surface area contributed by atoms with Crippen LogP contribution in [-0.2, 0) is 13.6 Å². The zero-order chi connectivity index (χ0) is 21.8. The summed E-state index contributed by atoms with van der Waals surface area (Å²) in [7, 11) is 1.84. The highest BCUT2D eigenvalue weighted by Crippen LogP contribution is 2.29. The molecule has 0 aliphatic rings. The van der Waals surface area contributed by atoms with Crippen LogP contribution in [0.5, 0.6) is 11.5 Å². The summed E-state index contributed by atoms with van der Waals surface area (Å²) in [5.41, 5.74) is 3.06. The summed E-state index contributed by atoms with van der Waals surface area (Å²) in [5.74, 6) is 0.885. The fourth-order valence-corrected chi connectivity index (χ4v) is 3.15. The molecule has 0 bridgehead atoms. The Morgan fingerprint density at radius 1 is 1.23 bits per heavy atom. The molecule has 0 unspecified atom stereocenters. The van der Waals surface area contributed by atoms with E-state index in [0.717, 1.165) is 11.3 Å². The molecular formula is C23H21N5O3. The topological polar surface area (TPSA) is 102 Å². The van der Waals surface area contributed by atoms with E-state index in [2.05, 4.69) is 20.4 Å². The number of amides is 1. The fourth-order valence-electron chi connectivity index (χ4n) is 3.15. The van der Waals surface area contributed by atoms with Crippen LogP contribution in [0, 0.1) is 6.92 Å². The SMILES string of the molecule is Cc1c(Oc2ccnc(-c3cnn(C)c3)c2)cccc1C(=O)NCc1ccc[nH]c1=O. The summed E-state index contributed by atoms with van der Waals surface area (Å²) in [6.07, 6.45) is 6.83. The number of carbonyl (C=O) groups is 1. The van der Waals surface area contributed by atoms with Gasteiger partial charge < -0.3 is 15.0 Å². The van der Waals surface area contributed by atoms with Gasteiger partial charge in [0.25, 0.3) is 11.5 Å². The number of H-pyrrole nitrogens is 1. The van der Waals surface area contributed by atoms with Gasteiger partial charge in [0.15, 0.2) is 0 Å². The minimum Gasteiger partial charge on any atom is -0.457 e. The van der Waals surface area contributed by atoms with Crippen LogP contribution in [0.2, 0.25) is 0 Å². The number of benzene rings is 1. The molecule has 2 N–H and O–H groups in total. The Labute approximate surface area is 178 Å². The van der Waals surface area contributed by atoms with Crippen molar-refractivity contribution in [3.05, 3.63) is 94.3 Å². The lowest BCUT2D eigenvalue weighted by atomic mass is 10.1. The second-order valence-electron chi connectivity index (χ2n) is 7.02. The monoisotopic (exact) mass is 415 g/mol. The molecule has 0 aliphatic heterocycles. The van der Waals surface area contributed by atoms with E-state index in [1.54, 1.807) is 59.7 Å². The molecule has 0 atom stereocenters. The van der Waals surface area contributed by atoms with Gasteiger partial charge in [-0.05, 0) is 31.2 Å². The molecule has 0 spiro atoms. The summed E-state index contributed by atoms with van der Waals surface area (Å²) in [5, 5.41) is 6.95. The molecule has 1 amide bonds. The van der Waals surface area contributed by atoms with Crippen LogP contribution in [0.25, 0.3) is 11.3 Å². The van der Waals surface area contributed by atoms with E-state index in [9.17, 15) is 9.59 Å². The van der Waals surface area contributed by atoms with Gasteiger partial charge in [-0.25, -0.2) is 0 Å². The maximum absolute atomic E-state index is 12.7. The number of pyridine rings is 2. The van der Waals surface area contributed by atoms with E-state index < -0.39 is 0 Å². The molecule has 156 valence electrons. The Kier molecular flexibility index (Phi) is 5.61. The lowest BCUT2D eigenvalue weighted by Gasteiger charge is -2.13. The number of rotatable bonds is 6. The number of hydrogen-bond donors (Lipinski definition) is 2. The third kappa shape index (κ3) is 4.53. The number of nitrogens with one attached hydrogen (secondary N) is 2. The maximum Gasteiger partial charge on any atom is 0.252 e. The molecule has 4 rings (SSSR count). The van der Waals surface area contributed by atoms with Crippen LogP contribution in [0.3, 0.4) is 0 Å². The van der Waals surface area contributed by atoms with Crippen LogP contribution in [0.4, 0.5) is 0 Å². The number of aryl methyl sites for hydroxylation is 1. The zero-order valence-electron chi connectivity index (χ0n) is 17.1. The number of hydrogen-bond acceptors (Lipinski definition) is 5.